The summed E-state index contributed by atoms with van der Waals surface area (Å²) >= 11 is 1.66. The van der Waals surface area contributed by atoms with Crippen molar-refractivity contribution < 1.29 is 9.47 Å². The maximum Gasteiger partial charge on any atom is 0.149 e. The standard InChI is InChI=1S/C17H16O2S/c1-18-16-11-5-6-12-17(16)20-14-8-7-13-19-15-9-3-2-4-10-15/h2-6,9-12H,13-14H2,1H3. The zero-order valence-electron chi connectivity index (χ0n) is 11.3. The zero-order valence-corrected chi connectivity index (χ0v) is 12.2. The SMILES string of the molecule is COc1ccccc1SCC#CCOc1ccccc1. The van der Waals surface area contributed by atoms with Gasteiger partial charge in [0.25, 0.3) is 0 Å². The second-order valence-corrected chi connectivity index (χ2v) is 4.91. The van der Waals surface area contributed by atoms with Crippen molar-refractivity contribution in [3.05, 3.63) is 54.6 Å². The van der Waals surface area contributed by atoms with E-state index in [-0.39, 0.29) is 0 Å². The van der Waals surface area contributed by atoms with Crippen LogP contribution in [-0.4, -0.2) is 19.5 Å². The molecule has 20 heavy (non-hydrogen) atoms. The van der Waals surface area contributed by atoms with E-state index >= 15 is 0 Å². The lowest BCUT2D eigenvalue weighted by molar-refractivity contribution is 0.370. The van der Waals surface area contributed by atoms with E-state index in [1.54, 1.807) is 18.9 Å². The van der Waals surface area contributed by atoms with Crippen molar-refractivity contribution in [2.45, 2.75) is 4.90 Å². The summed E-state index contributed by atoms with van der Waals surface area (Å²) in [5.74, 6) is 8.55. The summed E-state index contributed by atoms with van der Waals surface area (Å²) in [4.78, 5) is 1.10. The molecule has 0 aliphatic heterocycles. The number of hydrogen-bond acceptors (Lipinski definition) is 3. The van der Waals surface area contributed by atoms with Crippen molar-refractivity contribution in [3.63, 3.8) is 0 Å². The highest BCUT2D eigenvalue weighted by molar-refractivity contribution is 7.99. The lowest BCUT2D eigenvalue weighted by Crippen LogP contribution is -1.93. The summed E-state index contributed by atoms with van der Waals surface area (Å²) in [6, 6.07) is 17.6. The molecule has 3 heteroatoms. The van der Waals surface area contributed by atoms with E-state index in [1.165, 1.54) is 0 Å². The third kappa shape index (κ3) is 4.56. The number of ether oxygens (including phenoxy) is 2. The average molecular weight is 284 g/mol. The first-order valence-corrected chi connectivity index (χ1v) is 7.28. The summed E-state index contributed by atoms with van der Waals surface area (Å²) < 4.78 is 10.8. The van der Waals surface area contributed by atoms with E-state index in [9.17, 15) is 0 Å². The number of hydrogen-bond donors (Lipinski definition) is 0. The van der Waals surface area contributed by atoms with Gasteiger partial charge in [-0.25, -0.2) is 0 Å². The second-order valence-electron chi connectivity index (χ2n) is 3.89. The van der Waals surface area contributed by atoms with Gasteiger partial charge in [-0.3, -0.25) is 0 Å². The predicted octanol–water partition coefficient (Wildman–Crippen LogP) is 3.87. The molecule has 0 saturated carbocycles. The lowest BCUT2D eigenvalue weighted by atomic mass is 10.3. The molecule has 0 aliphatic rings. The minimum absolute atomic E-state index is 0.413. The molecule has 0 fully saturated rings. The maximum atomic E-state index is 5.50. The van der Waals surface area contributed by atoms with Gasteiger partial charge in [-0.15, -0.1) is 11.8 Å². The van der Waals surface area contributed by atoms with E-state index < -0.39 is 0 Å². The Balaban J connectivity index is 1.75. The van der Waals surface area contributed by atoms with Crippen molar-refractivity contribution in [3.8, 4) is 23.3 Å². The van der Waals surface area contributed by atoms with Crippen LogP contribution in [0.5, 0.6) is 11.5 Å². The molecule has 0 saturated heterocycles. The number of para-hydroxylation sites is 2. The minimum atomic E-state index is 0.413. The van der Waals surface area contributed by atoms with Gasteiger partial charge in [-0.2, -0.15) is 0 Å². The van der Waals surface area contributed by atoms with Crippen molar-refractivity contribution in [1.82, 2.24) is 0 Å². The van der Waals surface area contributed by atoms with Crippen LogP contribution in [0, 0.1) is 11.8 Å². The predicted molar refractivity (Wildman–Crippen MR) is 83.4 cm³/mol. The molecule has 0 aliphatic carbocycles. The lowest BCUT2D eigenvalue weighted by Gasteiger charge is -2.05. The highest BCUT2D eigenvalue weighted by atomic mass is 32.2. The fourth-order valence-electron chi connectivity index (χ4n) is 1.59. The van der Waals surface area contributed by atoms with E-state index in [2.05, 4.69) is 11.8 Å². The van der Waals surface area contributed by atoms with E-state index in [1.807, 2.05) is 54.6 Å². The van der Waals surface area contributed by atoms with Crippen LogP contribution in [0.1, 0.15) is 0 Å². The van der Waals surface area contributed by atoms with Crippen LogP contribution < -0.4 is 9.47 Å². The molecule has 0 amide bonds. The van der Waals surface area contributed by atoms with Gasteiger partial charge >= 0.3 is 0 Å². The van der Waals surface area contributed by atoms with Crippen LogP contribution >= 0.6 is 11.8 Å². The number of methoxy groups -OCH3 is 1. The van der Waals surface area contributed by atoms with Crippen LogP contribution in [0.4, 0.5) is 0 Å². The topological polar surface area (TPSA) is 18.5 Å². The molecule has 2 nitrogen and oxygen atoms in total. The van der Waals surface area contributed by atoms with Gasteiger partial charge in [0.2, 0.25) is 0 Å². The molecule has 2 rings (SSSR count). The van der Waals surface area contributed by atoms with Gasteiger partial charge in [0.15, 0.2) is 0 Å². The largest absolute Gasteiger partial charge is 0.496 e. The Morgan fingerprint density at radius 1 is 0.950 bits per heavy atom. The summed E-state index contributed by atoms with van der Waals surface area (Å²) in [7, 11) is 1.68. The van der Waals surface area contributed by atoms with E-state index in [0.717, 1.165) is 22.1 Å². The van der Waals surface area contributed by atoms with Crippen molar-refractivity contribution in [2.75, 3.05) is 19.5 Å². The second kappa shape index (κ2) is 8.19. The molecule has 0 atom stereocenters. The molecule has 0 unspecified atom stereocenters. The first kappa shape index (κ1) is 14.4. The van der Waals surface area contributed by atoms with Gasteiger partial charge in [0.1, 0.15) is 18.1 Å². The molecule has 2 aromatic rings. The van der Waals surface area contributed by atoms with Crippen LogP contribution in [0.25, 0.3) is 0 Å². The Labute approximate surface area is 124 Å². The third-order valence-electron chi connectivity index (χ3n) is 2.55. The quantitative estimate of drug-likeness (QED) is 0.613. The van der Waals surface area contributed by atoms with Gasteiger partial charge in [0, 0.05) is 0 Å². The summed E-state index contributed by atoms with van der Waals surface area (Å²) in [5, 5.41) is 0. The first-order chi connectivity index (χ1) is 9.90. The van der Waals surface area contributed by atoms with Gasteiger partial charge < -0.3 is 9.47 Å². The Bertz CT molecular complexity index is 585. The molecule has 0 N–H and O–H groups in total. The Kier molecular flexibility index (Phi) is 5.88. The normalized spacial score (nSPS) is 9.45. The molecule has 0 radical (unpaired) electrons. The highest BCUT2D eigenvalue weighted by Crippen LogP contribution is 2.27. The van der Waals surface area contributed by atoms with Crippen molar-refractivity contribution in [1.29, 1.82) is 0 Å². The number of benzene rings is 2. The Morgan fingerprint density at radius 3 is 2.50 bits per heavy atom. The molecule has 102 valence electrons. The summed E-state index contributed by atoms with van der Waals surface area (Å²) in [5.41, 5.74) is 0. The highest BCUT2D eigenvalue weighted by Gasteiger charge is 1.99. The van der Waals surface area contributed by atoms with Crippen LogP contribution in [0.2, 0.25) is 0 Å². The molecule has 0 aromatic heterocycles. The van der Waals surface area contributed by atoms with Crippen molar-refractivity contribution >= 4 is 11.8 Å². The minimum Gasteiger partial charge on any atom is -0.496 e. The molecule has 0 spiro atoms. The third-order valence-corrected chi connectivity index (χ3v) is 3.49. The number of thioether (sulfide) groups is 1. The average Bonchev–Trinajstić information content (AvgIpc) is 2.52. The number of rotatable bonds is 5. The maximum absolute atomic E-state index is 5.50. The van der Waals surface area contributed by atoms with E-state index in [4.69, 9.17) is 9.47 Å². The van der Waals surface area contributed by atoms with Crippen LogP contribution in [0.3, 0.4) is 0 Å². The van der Waals surface area contributed by atoms with Gasteiger partial charge in [-0.1, -0.05) is 42.2 Å². The Hall–Kier alpha value is -2.05. The first-order valence-electron chi connectivity index (χ1n) is 6.29. The van der Waals surface area contributed by atoms with Crippen LogP contribution in [0.15, 0.2) is 59.5 Å². The molecule has 0 heterocycles. The van der Waals surface area contributed by atoms with Crippen LogP contribution in [-0.2, 0) is 0 Å². The fourth-order valence-corrected chi connectivity index (χ4v) is 2.39. The molecular weight excluding hydrogens is 268 g/mol. The summed E-state index contributed by atoms with van der Waals surface area (Å²) in [6.45, 7) is 0.413. The zero-order chi connectivity index (χ0) is 14.0. The van der Waals surface area contributed by atoms with E-state index in [0.29, 0.717) is 6.61 Å². The Morgan fingerprint density at radius 2 is 1.70 bits per heavy atom. The molecular formula is C17H16O2S. The van der Waals surface area contributed by atoms with Crippen molar-refractivity contribution in [2.24, 2.45) is 0 Å². The van der Waals surface area contributed by atoms with Gasteiger partial charge in [0.05, 0.1) is 17.8 Å². The monoisotopic (exact) mass is 284 g/mol. The molecule has 0 bridgehead atoms. The van der Waals surface area contributed by atoms with Gasteiger partial charge in [-0.05, 0) is 24.3 Å². The molecule has 2 aromatic carbocycles. The summed E-state index contributed by atoms with van der Waals surface area (Å²) in [6.07, 6.45) is 0. The smallest absolute Gasteiger partial charge is 0.149 e. The fraction of sp³-hybridized carbons (Fsp3) is 0.176.